The summed E-state index contributed by atoms with van der Waals surface area (Å²) in [5.74, 6) is 2.33. The number of benzene rings is 2. The highest BCUT2D eigenvalue weighted by Crippen LogP contribution is 2.54. The standard InChI is InChI=1S/C16H16O/c1-17-14-9-5-8-13(10-14)16-11-15(16)12-6-3-2-4-7-12/h2-10,15-16H,11H2,1H3/t15-,16-/m1/s1. The van der Waals surface area contributed by atoms with Gasteiger partial charge >= 0.3 is 0 Å². The van der Waals surface area contributed by atoms with E-state index in [9.17, 15) is 0 Å². The number of hydrogen-bond donors (Lipinski definition) is 0. The SMILES string of the molecule is COc1cccc([C@H]2C[C@@H]2c2ccccc2)c1. The number of hydrogen-bond acceptors (Lipinski definition) is 1. The van der Waals surface area contributed by atoms with Crippen LogP contribution in [0.1, 0.15) is 29.4 Å². The molecule has 0 aliphatic heterocycles. The number of rotatable bonds is 3. The quantitative estimate of drug-likeness (QED) is 0.766. The van der Waals surface area contributed by atoms with Gasteiger partial charge in [-0.25, -0.2) is 0 Å². The molecule has 0 N–H and O–H groups in total. The average Bonchev–Trinajstić information content (AvgIpc) is 3.20. The molecule has 1 nitrogen and oxygen atoms in total. The molecule has 2 atom stereocenters. The molecule has 86 valence electrons. The summed E-state index contributed by atoms with van der Waals surface area (Å²) in [5.41, 5.74) is 2.86. The van der Waals surface area contributed by atoms with Gasteiger partial charge in [0.15, 0.2) is 0 Å². The Morgan fingerprint density at radius 1 is 0.882 bits per heavy atom. The van der Waals surface area contributed by atoms with Crippen molar-refractivity contribution in [3.63, 3.8) is 0 Å². The molecule has 0 amide bonds. The fraction of sp³-hybridized carbons (Fsp3) is 0.250. The molecule has 17 heavy (non-hydrogen) atoms. The highest BCUT2D eigenvalue weighted by molar-refractivity contribution is 5.39. The summed E-state index contributed by atoms with van der Waals surface area (Å²) in [7, 11) is 1.72. The van der Waals surface area contributed by atoms with Gasteiger partial charge in [-0.15, -0.1) is 0 Å². The van der Waals surface area contributed by atoms with E-state index in [2.05, 4.69) is 48.5 Å². The van der Waals surface area contributed by atoms with Crippen LogP contribution in [0.25, 0.3) is 0 Å². The van der Waals surface area contributed by atoms with Crippen LogP contribution in [-0.4, -0.2) is 7.11 Å². The monoisotopic (exact) mass is 224 g/mol. The molecule has 1 saturated carbocycles. The van der Waals surface area contributed by atoms with Gasteiger partial charge in [-0.1, -0.05) is 42.5 Å². The molecule has 2 aromatic rings. The predicted octanol–water partition coefficient (Wildman–Crippen LogP) is 3.97. The van der Waals surface area contributed by atoms with Crippen LogP contribution in [-0.2, 0) is 0 Å². The third-order valence-electron chi connectivity index (χ3n) is 3.54. The maximum atomic E-state index is 5.27. The molecule has 0 spiro atoms. The Morgan fingerprint density at radius 2 is 1.59 bits per heavy atom. The first-order valence-corrected chi connectivity index (χ1v) is 6.07. The van der Waals surface area contributed by atoms with E-state index in [1.54, 1.807) is 7.11 Å². The van der Waals surface area contributed by atoms with Gasteiger partial charge in [0, 0.05) is 0 Å². The zero-order chi connectivity index (χ0) is 11.7. The Bertz CT molecular complexity index is 504. The van der Waals surface area contributed by atoms with E-state index < -0.39 is 0 Å². The van der Waals surface area contributed by atoms with Crippen molar-refractivity contribution in [2.24, 2.45) is 0 Å². The lowest BCUT2D eigenvalue weighted by Crippen LogP contribution is -1.87. The van der Waals surface area contributed by atoms with Crippen LogP contribution in [0.3, 0.4) is 0 Å². The maximum absolute atomic E-state index is 5.27. The minimum atomic E-state index is 0.674. The zero-order valence-corrected chi connectivity index (χ0v) is 9.97. The Hall–Kier alpha value is -1.76. The van der Waals surface area contributed by atoms with Gasteiger partial charge in [-0.3, -0.25) is 0 Å². The van der Waals surface area contributed by atoms with Crippen LogP contribution < -0.4 is 4.74 Å². The summed E-state index contributed by atoms with van der Waals surface area (Å²) >= 11 is 0. The number of ether oxygens (including phenoxy) is 1. The fourth-order valence-corrected chi connectivity index (χ4v) is 2.50. The normalized spacial score (nSPS) is 22.2. The van der Waals surface area contributed by atoms with E-state index in [-0.39, 0.29) is 0 Å². The van der Waals surface area contributed by atoms with E-state index in [1.165, 1.54) is 17.5 Å². The summed E-state index contributed by atoms with van der Waals surface area (Å²) in [6.07, 6.45) is 1.26. The van der Waals surface area contributed by atoms with E-state index in [1.807, 2.05) is 6.07 Å². The molecule has 1 aliphatic rings. The van der Waals surface area contributed by atoms with Crippen molar-refractivity contribution in [1.29, 1.82) is 0 Å². The van der Waals surface area contributed by atoms with Crippen LogP contribution in [0.4, 0.5) is 0 Å². The van der Waals surface area contributed by atoms with Crippen molar-refractivity contribution in [1.82, 2.24) is 0 Å². The second-order valence-corrected chi connectivity index (χ2v) is 4.64. The van der Waals surface area contributed by atoms with Crippen LogP contribution in [0.15, 0.2) is 54.6 Å². The molecule has 2 aromatic carbocycles. The van der Waals surface area contributed by atoms with Crippen molar-refractivity contribution in [2.45, 2.75) is 18.3 Å². The highest BCUT2D eigenvalue weighted by Gasteiger charge is 2.39. The van der Waals surface area contributed by atoms with Crippen molar-refractivity contribution >= 4 is 0 Å². The van der Waals surface area contributed by atoms with E-state index in [0.29, 0.717) is 11.8 Å². The highest BCUT2D eigenvalue weighted by atomic mass is 16.5. The molecule has 0 unspecified atom stereocenters. The lowest BCUT2D eigenvalue weighted by atomic mass is 10.0. The van der Waals surface area contributed by atoms with Gasteiger partial charge in [0.25, 0.3) is 0 Å². The van der Waals surface area contributed by atoms with Gasteiger partial charge in [-0.2, -0.15) is 0 Å². The average molecular weight is 224 g/mol. The topological polar surface area (TPSA) is 9.23 Å². The Labute approximate surface area is 102 Å². The molecule has 0 radical (unpaired) electrons. The lowest BCUT2D eigenvalue weighted by molar-refractivity contribution is 0.414. The van der Waals surface area contributed by atoms with Crippen LogP contribution in [0, 0.1) is 0 Å². The van der Waals surface area contributed by atoms with Crippen LogP contribution in [0.2, 0.25) is 0 Å². The molecule has 1 aliphatic carbocycles. The smallest absolute Gasteiger partial charge is 0.119 e. The summed E-state index contributed by atoms with van der Waals surface area (Å²) in [4.78, 5) is 0. The van der Waals surface area contributed by atoms with Gasteiger partial charge in [0.05, 0.1) is 7.11 Å². The molecule has 0 aromatic heterocycles. The molecular formula is C16H16O. The van der Waals surface area contributed by atoms with Gasteiger partial charge in [0.2, 0.25) is 0 Å². The first-order valence-electron chi connectivity index (χ1n) is 6.07. The molecular weight excluding hydrogens is 208 g/mol. The van der Waals surface area contributed by atoms with Gasteiger partial charge < -0.3 is 4.74 Å². The van der Waals surface area contributed by atoms with E-state index in [4.69, 9.17) is 4.74 Å². The molecule has 0 heterocycles. The van der Waals surface area contributed by atoms with Crippen LogP contribution in [0.5, 0.6) is 5.75 Å². The zero-order valence-electron chi connectivity index (χ0n) is 9.97. The third-order valence-corrected chi connectivity index (χ3v) is 3.54. The Balaban J connectivity index is 1.80. The first-order chi connectivity index (χ1) is 8.38. The molecule has 1 heteroatoms. The van der Waals surface area contributed by atoms with E-state index in [0.717, 1.165) is 5.75 Å². The van der Waals surface area contributed by atoms with Crippen molar-refractivity contribution in [3.05, 3.63) is 65.7 Å². The fourth-order valence-electron chi connectivity index (χ4n) is 2.50. The van der Waals surface area contributed by atoms with E-state index >= 15 is 0 Å². The summed E-state index contributed by atoms with van der Waals surface area (Å²) in [6, 6.07) is 19.2. The second kappa shape index (κ2) is 4.25. The lowest BCUT2D eigenvalue weighted by Gasteiger charge is -2.04. The van der Waals surface area contributed by atoms with Crippen molar-refractivity contribution in [2.75, 3.05) is 7.11 Å². The van der Waals surface area contributed by atoms with Crippen molar-refractivity contribution in [3.8, 4) is 5.75 Å². The maximum Gasteiger partial charge on any atom is 0.119 e. The summed E-state index contributed by atoms with van der Waals surface area (Å²) < 4.78 is 5.27. The first kappa shape index (κ1) is 10.4. The Kier molecular flexibility index (Phi) is 2.60. The molecule has 1 fully saturated rings. The summed E-state index contributed by atoms with van der Waals surface area (Å²) in [6.45, 7) is 0. The molecule has 3 rings (SSSR count). The van der Waals surface area contributed by atoms with Crippen LogP contribution >= 0.6 is 0 Å². The minimum absolute atomic E-state index is 0.674. The van der Waals surface area contributed by atoms with Crippen molar-refractivity contribution < 1.29 is 4.74 Å². The molecule has 0 bridgehead atoms. The summed E-state index contributed by atoms with van der Waals surface area (Å²) in [5, 5.41) is 0. The minimum Gasteiger partial charge on any atom is -0.497 e. The Morgan fingerprint density at radius 3 is 2.35 bits per heavy atom. The molecule has 0 saturated heterocycles. The predicted molar refractivity (Wildman–Crippen MR) is 69.5 cm³/mol. The second-order valence-electron chi connectivity index (χ2n) is 4.64. The number of methoxy groups -OCH3 is 1. The van der Waals surface area contributed by atoms with Gasteiger partial charge in [0.1, 0.15) is 5.75 Å². The largest absolute Gasteiger partial charge is 0.497 e. The van der Waals surface area contributed by atoms with Gasteiger partial charge in [-0.05, 0) is 41.5 Å². The third kappa shape index (κ3) is 2.05.